The third-order valence-electron chi connectivity index (χ3n) is 5.30. The molecule has 4 N–H and O–H groups in total. The topological polar surface area (TPSA) is 154 Å². The molecule has 1 fully saturated rings. The summed E-state index contributed by atoms with van der Waals surface area (Å²) in [5, 5.41) is 16.1. The van der Waals surface area contributed by atoms with Crippen molar-refractivity contribution in [3.8, 4) is 11.8 Å². The number of aromatic nitrogens is 1. The van der Waals surface area contributed by atoms with Gasteiger partial charge >= 0.3 is 12.1 Å². The van der Waals surface area contributed by atoms with E-state index in [1.807, 2.05) is 30.3 Å². The van der Waals surface area contributed by atoms with Gasteiger partial charge in [0.25, 0.3) is 5.78 Å². The highest BCUT2D eigenvalue weighted by Crippen LogP contribution is 2.50. The van der Waals surface area contributed by atoms with Crippen molar-refractivity contribution in [3.63, 3.8) is 0 Å². The zero-order chi connectivity index (χ0) is 23.0. The number of hydrogen-bond acceptors (Lipinski definition) is 8. The molecule has 10 heteroatoms. The molecule has 0 saturated heterocycles. The van der Waals surface area contributed by atoms with Crippen molar-refractivity contribution in [2.45, 2.75) is 24.9 Å². The number of nitrogens with zero attached hydrogens (tertiary/aromatic N) is 1. The summed E-state index contributed by atoms with van der Waals surface area (Å²) in [6.07, 6.45) is 0.315. The summed E-state index contributed by atoms with van der Waals surface area (Å²) in [7, 11) is 0. The Hall–Kier alpha value is -4.65. The molecule has 0 aliphatic heterocycles. The summed E-state index contributed by atoms with van der Waals surface area (Å²) in [5.74, 6) is 5.29. The number of ether oxygens (including phenoxy) is 1. The number of carboxylic acids is 1. The van der Waals surface area contributed by atoms with E-state index >= 15 is 0 Å². The molecule has 1 aliphatic rings. The first-order valence-electron chi connectivity index (χ1n) is 9.97. The highest BCUT2D eigenvalue weighted by atomic mass is 16.5. The number of rotatable bonds is 5. The van der Waals surface area contributed by atoms with Crippen LogP contribution in [0.2, 0.25) is 0 Å². The van der Waals surface area contributed by atoms with Gasteiger partial charge in [0, 0.05) is 6.07 Å². The minimum absolute atomic E-state index is 0.0145. The highest BCUT2D eigenvalue weighted by molar-refractivity contribution is 5.90. The van der Waals surface area contributed by atoms with Crippen molar-refractivity contribution in [2.75, 3.05) is 11.1 Å². The molecule has 33 heavy (non-hydrogen) atoms. The number of furan rings is 2. The van der Waals surface area contributed by atoms with E-state index in [2.05, 4.69) is 22.3 Å². The molecule has 166 valence electrons. The summed E-state index contributed by atoms with van der Waals surface area (Å²) in [6.45, 7) is 0.0789. The Balaban J connectivity index is 1.29. The third kappa shape index (κ3) is 3.87. The van der Waals surface area contributed by atoms with Crippen molar-refractivity contribution >= 4 is 34.7 Å². The fourth-order valence-corrected chi connectivity index (χ4v) is 3.32. The molecule has 5 rings (SSSR count). The Kier molecular flexibility index (Phi) is 4.79. The molecule has 1 aliphatic carbocycles. The molecule has 0 radical (unpaired) electrons. The molecule has 0 bridgehead atoms. The number of carbonyl (C=O) groups is 2. The summed E-state index contributed by atoms with van der Waals surface area (Å²) in [4.78, 5) is 23.6. The van der Waals surface area contributed by atoms with Crippen LogP contribution >= 0.6 is 0 Å². The molecule has 1 saturated carbocycles. The highest BCUT2D eigenvalue weighted by Gasteiger charge is 2.54. The average Bonchev–Trinajstić information content (AvgIpc) is 3.24. The maximum atomic E-state index is 12.1. The van der Waals surface area contributed by atoms with E-state index in [-0.39, 0.29) is 35.4 Å². The lowest BCUT2D eigenvalue weighted by Gasteiger charge is -2.05. The summed E-state index contributed by atoms with van der Waals surface area (Å²) < 4.78 is 21.4. The molecule has 4 aromatic rings. The van der Waals surface area contributed by atoms with E-state index in [1.165, 1.54) is 0 Å². The SMILES string of the molecule is Nc1noc(C#Cc2cc3cc(C4(C(=O)O)CC4)oc3o2)c1NC(=O)OCc1ccccc1. The number of anilines is 2. The Morgan fingerprint density at radius 3 is 2.67 bits per heavy atom. The van der Waals surface area contributed by atoms with E-state index in [0.29, 0.717) is 24.0 Å². The second-order valence-electron chi connectivity index (χ2n) is 7.56. The van der Waals surface area contributed by atoms with Gasteiger partial charge < -0.3 is 28.9 Å². The molecule has 0 spiro atoms. The van der Waals surface area contributed by atoms with Gasteiger partial charge in [-0.15, -0.1) is 0 Å². The van der Waals surface area contributed by atoms with E-state index in [9.17, 15) is 14.7 Å². The van der Waals surface area contributed by atoms with Crippen LogP contribution in [0.4, 0.5) is 16.3 Å². The molecule has 1 amide bonds. The summed E-state index contributed by atoms with van der Waals surface area (Å²) in [5.41, 5.74) is 5.72. The maximum absolute atomic E-state index is 12.1. The quantitative estimate of drug-likeness (QED) is 0.387. The molecule has 3 heterocycles. The van der Waals surface area contributed by atoms with Gasteiger partial charge in [-0.1, -0.05) is 35.5 Å². The third-order valence-corrected chi connectivity index (χ3v) is 5.30. The molecule has 0 unspecified atom stereocenters. The predicted molar refractivity (Wildman–Crippen MR) is 114 cm³/mol. The van der Waals surface area contributed by atoms with Gasteiger partial charge in [0.2, 0.25) is 5.76 Å². The monoisotopic (exact) mass is 447 g/mol. The molecule has 0 atom stereocenters. The van der Waals surface area contributed by atoms with Crippen LogP contribution in [-0.4, -0.2) is 22.3 Å². The van der Waals surface area contributed by atoms with Crippen molar-refractivity contribution in [3.05, 3.63) is 65.3 Å². The van der Waals surface area contributed by atoms with Gasteiger partial charge in [0.1, 0.15) is 23.5 Å². The number of amides is 1. The Morgan fingerprint density at radius 1 is 1.18 bits per heavy atom. The largest absolute Gasteiger partial charge is 0.480 e. The van der Waals surface area contributed by atoms with E-state index in [4.69, 9.17) is 23.8 Å². The van der Waals surface area contributed by atoms with Gasteiger partial charge in [-0.25, -0.2) is 4.79 Å². The first-order valence-corrected chi connectivity index (χ1v) is 9.97. The number of nitrogen functional groups attached to an aromatic ring is 1. The van der Waals surface area contributed by atoms with Crippen LogP contribution in [0.25, 0.3) is 11.2 Å². The minimum atomic E-state index is -0.958. The van der Waals surface area contributed by atoms with Gasteiger partial charge in [-0.3, -0.25) is 10.1 Å². The lowest BCUT2D eigenvalue weighted by molar-refractivity contribution is -0.140. The smallest absolute Gasteiger partial charge is 0.412 e. The normalized spacial score (nSPS) is 13.8. The number of carboxylic acid groups (broad SMARTS) is 1. The number of aliphatic carboxylic acids is 1. The fourth-order valence-electron chi connectivity index (χ4n) is 3.32. The Bertz CT molecular complexity index is 1380. The number of carbonyl (C=O) groups excluding carboxylic acids is 1. The second-order valence-corrected chi connectivity index (χ2v) is 7.56. The van der Waals surface area contributed by atoms with Crippen LogP contribution in [0.5, 0.6) is 0 Å². The van der Waals surface area contributed by atoms with Crippen LogP contribution in [-0.2, 0) is 21.6 Å². The summed E-state index contributed by atoms with van der Waals surface area (Å²) >= 11 is 0. The van der Waals surface area contributed by atoms with E-state index in [0.717, 1.165) is 5.56 Å². The molecule has 1 aromatic carbocycles. The lowest BCUT2D eigenvalue weighted by Crippen LogP contribution is -2.18. The standard InChI is InChI=1S/C23H17N3O7/c24-19-18(25-22(29)30-12-13-4-2-1-3-5-13)16(33-26-19)7-6-15-10-14-11-17(32-20(14)31-15)23(8-9-23)21(27)28/h1-5,10-11H,8-9,12H2,(H2,24,26)(H,25,29)(H,27,28). The van der Waals surface area contributed by atoms with Crippen LogP contribution in [0.3, 0.4) is 0 Å². The van der Waals surface area contributed by atoms with Crippen LogP contribution < -0.4 is 11.1 Å². The van der Waals surface area contributed by atoms with Crippen molar-refractivity contribution in [2.24, 2.45) is 0 Å². The molecule has 3 aromatic heterocycles. The maximum Gasteiger partial charge on any atom is 0.412 e. The van der Waals surface area contributed by atoms with Crippen LogP contribution in [0, 0.1) is 11.8 Å². The van der Waals surface area contributed by atoms with Crippen LogP contribution in [0.1, 0.15) is 35.7 Å². The predicted octanol–water partition coefficient (Wildman–Crippen LogP) is 3.86. The lowest BCUT2D eigenvalue weighted by atomic mass is 10.0. The summed E-state index contributed by atoms with van der Waals surface area (Å²) in [6, 6.07) is 12.5. The Morgan fingerprint density at radius 2 is 1.97 bits per heavy atom. The van der Waals surface area contributed by atoms with Crippen molar-refractivity contribution < 1.29 is 32.8 Å². The van der Waals surface area contributed by atoms with Crippen molar-refractivity contribution in [1.82, 2.24) is 5.16 Å². The zero-order valence-electron chi connectivity index (χ0n) is 17.1. The fraction of sp³-hybridized carbons (Fsp3) is 0.174. The number of benzene rings is 1. The van der Waals surface area contributed by atoms with Crippen LogP contribution in [0.15, 0.2) is 55.8 Å². The first kappa shape index (κ1) is 20.3. The van der Waals surface area contributed by atoms with Gasteiger partial charge in [0.15, 0.2) is 11.6 Å². The first-order chi connectivity index (χ1) is 15.9. The Labute approximate surface area is 186 Å². The van der Waals surface area contributed by atoms with Crippen molar-refractivity contribution in [1.29, 1.82) is 0 Å². The molecular weight excluding hydrogens is 430 g/mol. The van der Waals surface area contributed by atoms with Gasteiger partial charge in [0.05, 0.1) is 5.39 Å². The number of nitrogens with one attached hydrogen (secondary N) is 1. The van der Waals surface area contributed by atoms with Gasteiger partial charge in [-0.05, 0) is 36.3 Å². The average molecular weight is 447 g/mol. The number of hydrogen-bond donors (Lipinski definition) is 3. The zero-order valence-corrected chi connectivity index (χ0v) is 17.1. The van der Waals surface area contributed by atoms with E-state index < -0.39 is 17.5 Å². The minimum Gasteiger partial charge on any atom is -0.480 e. The number of fused-ring (bicyclic) bond motifs is 1. The molecular formula is C23H17N3O7. The second kappa shape index (κ2) is 7.80. The van der Waals surface area contributed by atoms with Gasteiger partial charge in [-0.2, -0.15) is 0 Å². The van der Waals surface area contributed by atoms with E-state index in [1.54, 1.807) is 12.1 Å². The molecule has 10 nitrogen and oxygen atoms in total. The number of nitrogens with two attached hydrogens (primary N) is 1.